The van der Waals surface area contributed by atoms with E-state index in [0.717, 1.165) is 50.5 Å². The molecule has 2 aromatic carbocycles. The first-order valence-electron chi connectivity index (χ1n) is 9.89. The fourth-order valence-electron chi connectivity index (χ4n) is 3.13. The van der Waals surface area contributed by atoms with Crippen molar-refractivity contribution in [3.05, 3.63) is 70.8 Å². The maximum absolute atomic E-state index is 13.6. The summed E-state index contributed by atoms with van der Waals surface area (Å²) in [6.07, 6.45) is 0.0592. The molecule has 0 bridgehead atoms. The van der Waals surface area contributed by atoms with Crippen molar-refractivity contribution in [2.75, 3.05) is 32.8 Å². The van der Waals surface area contributed by atoms with Crippen LogP contribution >= 0.6 is 0 Å². The lowest BCUT2D eigenvalue weighted by molar-refractivity contribution is -0.121. The molecule has 3 rings (SSSR count). The van der Waals surface area contributed by atoms with Crippen molar-refractivity contribution in [3.63, 3.8) is 0 Å². The Kier molecular flexibility index (Phi) is 7.87. The molecule has 2 amide bonds. The van der Waals surface area contributed by atoms with Crippen molar-refractivity contribution in [3.8, 4) is 0 Å². The van der Waals surface area contributed by atoms with Crippen molar-refractivity contribution >= 4 is 11.8 Å². The smallest absolute Gasteiger partial charge is 0.254 e. The highest BCUT2D eigenvalue weighted by Crippen LogP contribution is 2.10. The number of ether oxygens (including phenoxy) is 1. The van der Waals surface area contributed by atoms with Crippen molar-refractivity contribution in [1.82, 2.24) is 15.5 Å². The number of halogens is 2. The van der Waals surface area contributed by atoms with Crippen LogP contribution in [0.4, 0.5) is 8.78 Å². The summed E-state index contributed by atoms with van der Waals surface area (Å²) in [5, 5.41) is 5.25. The summed E-state index contributed by atoms with van der Waals surface area (Å²) >= 11 is 0. The fourth-order valence-corrected chi connectivity index (χ4v) is 3.13. The van der Waals surface area contributed by atoms with Crippen LogP contribution in [0.1, 0.15) is 27.9 Å². The van der Waals surface area contributed by atoms with E-state index in [9.17, 15) is 18.4 Å². The van der Waals surface area contributed by atoms with E-state index in [1.807, 2.05) is 12.1 Å². The Balaban J connectivity index is 1.36. The predicted molar refractivity (Wildman–Crippen MR) is 108 cm³/mol. The van der Waals surface area contributed by atoms with Gasteiger partial charge < -0.3 is 15.4 Å². The van der Waals surface area contributed by atoms with Gasteiger partial charge in [-0.25, -0.2) is 8.78 Å². The Hall–Kier alpha value is -2.84. The van der Waals surface area contributed by atoms with Crippen molar-refractivity contribution in [1.29, 1.82) is 0 Å². The molecule has 6 nitrogen and oxygen atoms in total. The molecule has 2 aromatic rings. The average Bonchev–Trinajstić information content (AvgIpc) is 2.74. The van der Waals surface area contributed by atoms with Gasteiger partial charge in [0.1, 0.15) is 11.6 Å². The lowest BCUT2D eigenvalue weighted by Gasteiger charge is -2.26. The Morgan fingerprint density at radius 1 is 0.967 bits per heavy atom. The first-order chi connectivity index (χ1) is 14.5. The highest BCUT2D eigenvalue weighted by molar-refractivity contribution is 5.94. The summed E-state index contributed by atoms with van der Waals surface area (Å²) in [6.45, 7) is 4.72. The quantitative estimate of drug-likeness (QED) is 0.691. The first-order valence-corrected chi connectivity index (χ1v) is 9.89. The van der Waals surface area contributed by atoms with Gasteiger partial charge in [0.25, 0.3) is 5.91 Å². The number of amides is 2. The third-order valence-corrected chi connectivity index (χ3v) is 4.84. The van der Waals surface area contributed by atoms with Gasteiger partial charge in [-0.05, 0) is 23.3 Å². The molecule has 0 unspecified atom stereocenters. The van der Waals surface area contributed by atoms with Gasteiger partial charge in [0.05, 0.1) is 18.8 Å². The van der Waals surface area contributed by atoms with Gasteiger partial charge in [0.2, 0.25) is 5.91 Å². The molecule has 160 valence electrons. The molecular weight excluding hydrogens is 392 g/mol. The van der Waals surface area contributed by atoms with E-state index < -0.39 is 17.5 Å². The summed E-state index contributed by atoms with van der Waals surface area (Å²) in [4.78, 5) is 26.2. The standard InChI is InChI=1S/C22H25F2N3O3/c23-18-5-6-19(20(24)13-18)22(29)25-8-7-21(28)26-14-16-1-3-17(4-2-16)15-27-9-11-30-12-10-27/h1-6,13H,7-12,14-15H2,(H,25,29)(H,26,28). The van der Waals surface area contributed by atoms with Crippen LogP contribution in [0.25, 0.3) is 0 Å². The molecule has 1 fully saturated rings. The second kappa shape index (κ2) is 10.8. The van der Waals surface area contributed by atoms with Gasteiger partial charge in [-0.1, -0.05) is 24.3 Å². The van der Waals surface area contributed by atoms with E-state index in [2.05, 4.69) is 27.7 Å². The van der Waals surface area contributed by atoms with Crippen LogP contribution in [0.3, 0.4) is 0 Å². The van der Waals surface area contributed by atoms with Gasteiger partial charge in [-0.3, -0.25) is 14.5 Å². The van der Waals surface area contributed by atoms with Crippen molar-refractivity contribution < 1.29 is 23.1 Å². The number of hydrogen-bond donors (Lipinski definition) is 2. The lowest BCUT2D eigenvalue weighted by atomic mass is 10.1. The minimum atomic E-state index is -0.936. The second-order valence-electron chi connectivity index (χ2n) is 7.11. The van der Waals surface area contributed by atoms with E-state index in [4.69, 9.17) is 4.74 Å². The fraction of sp³-hybridized carbons (Fsp3) is 0.364. The number of carbonyl (C=O) groups excluding carboxylic acids is 2. The SMILES string of the molecule is O=C(CCNC(=O)c1ccc(F)cc1F)NCc1ccc(CN2CCOCC2)cc1. The minimum absolute atomic E-state index is 0.0555. The maximum Gasteiger partial charge on any atom is 0.254 e. The number of benzene rings is 2. The van der Waals surface area contributed by atoms with Crippen LogP contribution in [0, 0.1) is 11.6 Å². The van der Waals surface area contributed by atoms with E-state index in [-0.39, 0.29) is 24.4 Å². The monoisotopic (exact) mass is 417 g/mol. The van der Waals surface area contributed by atoms with E-state index in [1.165, 1.54) is 5.56 Å². The molecule has 1 heterocycles. The summed E-state index contributed by atoms with van der Waals surface area (Å²) in [7, 11) is 0. The Bertz CT molecular complexity index is 868. The van der Waals surface area contributed by atoms with Crippen molar-refractivity contribution in [2.45, 2.75) is 19.5 Å². The van der Waals surface area contributed by atoms with Gasteiger partial charge in [0, 0.05) is 45.2 Å². The maximum atomic E-state index is 13.6. The molecule has 0 aromatic heterocycles. The summed E-state index contributed by atoms with van der Waals surface area (Å²) < 4.78 is 31.8. The first kappa shape index (κ1) is 21.9. The zero-order chi connectivity index (χ0) is 21.3. The number of nitrogens with zero attached hydrogens (tertiary/aromatic N) is 1. The van der Waals surface area contributed by atoms with Crippen LogP contribution in [0.5, 0.6) is 0 Å². The topological polar surface area (TPSA) is 70.7 Å². The molecule has 0 saturated carbocycles. The number of rotatable bonds is 8. The highest BCUT2D eigenvalue weighted by atomic mass is 19.1. The van der Waals surface area contributed by atoms with Crippen LogP contribution in [0.2, 0.25) is 0 Å². The van der Waals surface area contributed by atoms with Crippen molar-refractivity contribution in [2.24, 2.45) is 0 Å². The van der Waals surface area contributed by atoms with Gasteiger partial charge in [-0.2, -0.15) is 0 Å². The van der Waals surface area contributed by atoms with Gasteiger partial charge >= 0.3 is 0 Å². The number of morpholine rings is 1. The Labute approximate surface area is 174 Å². The molecule has 1 aliphatic heterocycles. The van der Waals surface area contributed by atoms with Gasteiger partial charge in [-0.15, -0.1) is 0 Å². The van der Waals surface area contributed by atoms with Crippen LogP contribution in [-0.2, 0) is 22.6 Å². The molecule has 0 aliphatic carbocycles. The summed E-state index contributed by atoms with van der Waals surface area (Å²) in [6, 6.07) is 10.8. The molecule has 0 atom stereocenters. The molecular formula is C22H25F2N3O3. The second-order valence-corrected chi connectivity index (χ2v) is 7.11. The normalized spacial score (nSPS) is 14.3. The van der Waals surface area contributed by atoms with E-state index in [0.29, 0.717) is 12.6 Å². The number of nitrogens with one attached hydrogen (secondary N) is 2. The largest absolute Gasteiger partial charge is 0.379 e. The van der Waals surface area contributed by atoms with Gasteiger partial charge in [0.15, 0.2) is 0 Å². The molecule has 0 radical (unpaired) electrons. The zero-order valence-electron chi connectivity index (χ0n) is 16.6. The lowest BCUT2D eigenvalue weighted by Crippen LogP contribution is -2.35. The van der Waals surface area contributed by atoms with Crippen LogP contribution < -0.4 is 10.6 Å². The predicted octanol–water partition coefficient (Wildman–Crippen LogP) is 2.23. The van der Waals surface area contributed by atoms with Crippen LogP contribution in [-0.4, -0.2) is 49.6 Å². The molecule has 8 heteroatoms. The molecule has 30 heavy (non-hydrogen) atoms. The Morgan fingerprint density at radius 2 is 1.67 bits per heavy atom. The van der Waals surface area contributed by atoms with Crippen LogP contribution in [0.15, 0.2) is 42.5 Å². The number of hydrogen-bond acceptors (Lipinski definition) is 4. The van der Waals surface area contributed by atoms with E-state index >= 15 is 0 Å². The summed E-state index contributed by atoms with van der Waals surface area (Å²) in [5.41, 5.74) is 1.93. The average molecular weight is 417 g/mol. The molecule has 1 saturated heterocycles. The summed E-state index contributed by atoms with van der Waals surface area (Å²) in [5.74, 6) is -2.60. The van der Waals surface area contributed by atoms with E-state index in [1.54, 1.807) is 0 Å². The molecule has 1 aliphatic rings. The zero-order valence-corrected chi connectivity index (χ0v) is 16.6. The number of carbonyl (C=O) groups is 2. The molecule has 0 spiro atoms. The third kappa shape index (κ3) is 6.60. The minimum Gasteiger partial charge on any atom is -0.379 e. The third-order valence-electron chi connectivity index (χ3n) is 4.84. The molecule has 2 N–H and O–H groups in total. The Morgan fingerprint density at radius 3 is 2.37 bits per heavy atom. The highest BCUT2D eigenvalue weighted by Gasteiger charge is 2.13.